The van der Waals surface area contributed by atoms with E-state index in [-0.39, 0.29) is 5.17 Å². The van der Waals surface area contributed by atoms with Gasteiger partial charge >= 0.3 is 12.1 Å². The van der Waals surface area contributed by atoms with Gasteiger partial charge in [-0.15, -0.1) is 0 Å². The highest BCUT2D eigenvalue weighted by atomic mass is 32.1. The molecule has 10 nitrogen and oxygen atoms in total. The summed E-state index contributed by atoms with van der Waals surface area (Å²) in [6.45, 7) is 0. The Morgan fingerprint density at radius 2 is 2.07 bits per heavy atom. The monoisotopic (exact) mass is 233 g/mol. The van der Waals surface area contributed by atoms with Crippen LogP contribution in [0, 0.1) is 0 Å². The van der Waals surface area contributed by atoms with Crippen molar-refractivity contribution >= 4 is 35.6 Å². The topological polar surface area (TPSA) is 138 Å². The van der Waals surface area contributed by atoms with Crippen molar-refractivity contribution in [3.05, 3.63) is 0 Å². The van der Waals surface area contributed by atoms with Gasteiger partial charge in [0.25, 0.3) is 6.08 Å². The maximum Gasteiger partial charge on any atom is 0.430 e. The Morgan fingerprint density at radius 3 is 2.47 bits per heavy atom. The van der Waals surface area contributed by atoms with Gasteiger partial charge in [0.15, 0.2) is 0 Å². The lowest BCUT2D eigenvalue weighted by Crippen LogP contribution is -2.38. The molecule has 11 heteroatoms. The number of thiocarbonyl (C=S) groups is 1. The first-order valence-electron chi connectivity index (χ1n) is 2.99. The number of carbonyl (C=O) groups is 2. The van der Waals surface area contributed by atoms with Crippen molar-refractivity contribution in [3.8, 4) is 0 Å². The highest BCUT2D eigenvalue weighted by Crippen LogP contribution is 1.98. The molecule has 0 aliphatic heterocycles. The van der Waals surface area contributed by atoms with Crippen molar-refractivity contribution in [1.29, 1.82) is 0 Å². The predicted octanol–water partition coefficient (Wildman–Crippen LogP) is -0.621. The molecule has 0 saturated carbocycles. The zero-order chi connectivity index (χ0) is 11.8. The SMILES string of the molecule is NC(=O)ON(N=C=S)C(=O)N(O)N=C=O. The summed E-state index contributed by atoms with van der Waals surface area (Å²) >= 11 is 4.10. The number of urea groups is 1. The molecule has 0 saturated heterocycles. The van der Waals surface area contributed by atoms with Crippen LogP contribution in [0.15, 0.2) is 10.2 Å². The number of primary amides is 1. The van der Waals surface area contributed by atoms with E-state index >= 15 is 0 Å². The third kappa shape index (κ3) is 4.45. The number of hydrogen-bond acceptors (Lipinski definition) is 8. The molecule has 15 heavy (non-hydrogen) atoms. The molecule has 0 atom stereocenters. The number of hydrogen-bond donors (Lipinski definition) is 2. The second kappa shape index (κ2) is 6.18. The summed E-state index contributed by atoms with van der Waals surface area (Å²) < 4.78 is 0. The first kappa shape index (κ1) is 12.7. The zero-order valence-electron chi connectivity index (χ0n) is 6.85. The fourth-order valence-corrected chi connectivity index (χ4v) is 0.457. The predicted molar refractivity (Wildman–Crippen MR) is 44.7 cm³/mol. The first-order valence-corrected chi connectivity index (χ1v) is 3.39. The lowest BCUT2D eigenvalue weighted by atomic mass is 11.0. The number of nitrogens with two attached hydrogens (primary N) is 1. The van der Waals surface area contributed by atoms with E-state index in [1.54, 1.807) is 5.16 Å². The minimum atomic E-state index is -1.52. The number of rotatable bonds is 2. The molecular weight excluding hydrogens is 230 g/mol. The van der Waals surface area contributed by atoms with Crippen LogP contribution < -0.4 is 5.73 Å². The molecule has 0 aliphatic carbocycles. The molecule has 0 rings (SSSR count). The average molecular weight is 233 g/mol. The van der Waals surface area contributed by atoms with E-state index in [0.29, 0.717) is 0 Å². The van der Waals surface area contributed by atoms with E-state index in [2.05, 4.69) is 33.0 Å². The smallest absolute Gasteiger partial charge is 0.333 e. The van der Waals surface area contributed by atoms with Crippen molar-refractivity contribution in [1.82, 2.24) is 10.3 Å². The van der Waals surface area contributed by atoms with Crippen LogP contribution in [0.4, 0.5) is 9.59 Å². The molecule has 0 spiro atoms. The molecule has 0 aromatic heterocycles. The summed E-state index contributed by atoms with van der Waals surface area (Å²) in [5, 5.41) is 15.1. The Labute approximate surface area is 87.1 Å². The number of amides is 3. The van der Waals surface area contributed by atoms with Crippen molar-refractivity contribution < 1.29 is 24.4 Å². The van der Waals surface area contributed by atoms with Crippen LogP contribution >= 0.6 is 12.2 Å². The standard InChI is InChI=1S/C4H3N5O5S/c5-3(11)14-9(7-2-15)4(12)8(13)6-1-10/h13H,(H2,5,11). The maximum absolute atomic E-state index is 11.0. The quantitative estimate of drug-likeness (QED) is 0.214. The number of isocyanates is 1. The van der Waals surface area contributed by atoms with Gasteiger partial charge in [0.1, 0.15) is 0 Å². The number of isothiocyanates is 1. The lowest BCUT2D eigenvalue weighted by molar-refractivity contribution is -0.118. The maximum atomic E-state index is 11.0. The van der Waals surface area contributed by atoms with E-state index in [4.69, 9.17) is 5.21 Å². The van der Waals surface area contributed by atoms with E-state index in [9.17, 15) is 14.4 Å². The van der Waals surface area contributed by atoms with E-state index < -0.39 is 17.3 Å². The van der Waals surface area contributed by atoms with Crippen molar-refractivity contribution in [3.63, 3.8) is 0 Å². The van der Waals surface area contributed by atoms with Crippen molar-refractivity contribution in [2.75, 3.05) is 0 Å². The van der Waals surface area contributed by atoms with Crippen LogP contribution in [0.25, 0.3) is 0 Å². The summed E-state index contributed by atoms with van der Waals surface area (Å²) in [7, 11) is 0. The number of carbonyl (C=O) groups excluding carboxylic acids is 3. The van der Waals surface area contributed by atoms with Gasteiger partial charge in [-0.25, -0.2) is 14.4 Å². The molecule has 0 aliphatic rings. The number of hydroxylamine groups is 2. The van der Waals surface area contributed by atoms with Crippen molar-refractivity contribution in [2.24, 2.45) is 15.9 Å². The Bertz CT molecular complexity index is 358. The van der Waals surface area contributed by atoms with Gasteiger partial charge in [-0.05, 0) is 17.4 Å². The number of nitrogens with zero attached hydrogens (tertiary/aromatic N) is 4. The molecule has 0 bridgehead atoms. The van der Waals surface area contributed by atoms with Crippen LogP contribution in [0.3, 0.4) is 0 Å². The highest BCUT2D eigenvalue weighted by Gasteiger charge is 2.23. The Kier molecular flexibility index (Phi) is 5.23. The fourth-order valence-electron chi connectivity index (χ4n) is 0.382. The van der Waals surface area contributed by atoms with Gasteiger partial charge in [-0.3, -0.25) is 10.0 Å². The molecule has 0 heterocycles. The van der Waals surface area contributed by atoms with E-state index in [0.717, 1.165) is 6.08 Å². The van der Waals surface area contributed by atoms with Gasteiger partial charge in [0.2, 0.25) is 0 Å². The van der Waals surface area contributed by atoms with Crippen LogP contribution in [-0.4, -0.2) is 38.9 Å². The second-order valence-electron chi connectivity index (χ2n) is 1.64. The van der Waals surface area contributed by atoms with Gasteiger partial charge in [-0.2, -0.15) is 0 Å². The molecule has 0 aromatic rings. The second-order valence-corrected chi connectivity index (χ2v) is 1.82. The van der Waals surface area contributed by atoms with Crippen LogP contribution in [-0.2, 0) is 9.63 Å². The summed E-state index contributed by atoms with van der Waals surface area (Å²) in [4.78, 5) is 34.8. The van der Waals surface area contributed by atoms with Crippen LogP contribution in [0.2, 0.25) is 0 Å². The Balaban J connectivity index is 4.75. The minimum absolute atomic E-state index is 0.129. The molecule has 0 fully saturated rings. The molecule has 3 N–H and O–H groups in total. The summed E-state index contributed by atoms with van der Waals surface area (Å²) in [5.74, 6) is 0. The van der Waals surface area contributed by atoms with Gasteiger partial charge in [0, 0.05) is 0 Å². The molecular formula is C4H3N5O5S. The molecule has 0 aromatic carbocycles. The molecule has 3 amide bonds. The third-order valence-electron chi connectivity index (χ3n) is 0.778. The van der Waals surface area contributed by atoms with Gasteiger partial charge < -0.3 is 5.73 Å². The highest BCUT2D eigenvalue weighted by molar-refractivity contribution is 7.78. The average Bonchev–Trinajstić information content (AvgIpc) is 2.16. The van der Waals surface area contributed by atoms with Gasteiger partial charge in [0.05, 0.1) is 5.16 Å². The summed E-state index contributed by atoms with van der Waals surface area (Å²) in [5.41, 5.74) is 4.55. The van der Waals surface area contributed by atoms with Gasteiger partial charge in [-0.1, -0.05) is 15.4 Å². The normalized spacial score (nSPS) is 7.80. The third-order valence-corrected chi connectivity index (χ3v) is 0.860. The largest absolute Gasteiger partial charge is 0.430 e. The summed E-state index contributed by atoms with van der Waals surface area (Å²) in [6, 6.07) is -1.52. The fraction of sp³-hybridized carbons (Fsp3) is 0. The van der Waals surface area contributed by atoms with Crippen molar-refractivity contribution in [2.45, 2.75) is 0 Å². The van der Waals surface area contributed by atoms with E-state index in [1.165, 1.54) is 0 Å². The number of hydrazone groups is 2. The van der Waals surface area contributed by atoms with E-state index in [1.807, 2.05) is 0 Å². The Hall–Kier alpha value is -2.32. The molecule has 0 unspecified atom stereocenters. The minimum Gasteiger partial charge on any atom is -0.333 e. The zero-order valence-corrected chi connectivity index (χ0v) is 7.67. The molecule has 0 radical (unpaired) electrons. The Morgan fingerprint density at radius 1 is 1.47 bits per heavy atom. The summed E-state index contributed by atoms with van der Waals surface area (Å²) in [6.07, 6.45) is -0.560. The lowest BCUT2D eigenvalue weighted by Gasteiger charge is -2.13. The van der Waals surface area contributed by atoms with Crippen LogP contribution in [0.1, 0.15) is 0 Å². The molecule has 80 valence electrons. The van der Waals surface area contributed by atoms with Crippen LogP contribution in [0.5, 0.6) is 0 Å². The first-order chi connectivity index (χ1) is 7.02.